The van der Waals surface area contributed by atoms with Gasteiger partial charge in [0.2, 0.25) is 0 Å². The lowest BCUT2D eigenvalue weighted by Gasteiger charge is -2.36. The lowest BCUT2D eigenvalue weighted by Crippen LogP contribution is -2.43. The van der Waals surface area contributed by atoms with Gasteiger partial charge >= 0.3 is 5.97 Å². The topological polar surface area (TPSA) is 95.6 Å². The van der Waals surface area contributed by atoms with Crippen molar-refractivity contribution in [1.29, 1.82) is 5.26 Å². The Morgan fingerprint density at radius 2 is 1.68 bits per heavy atom. The molecule has 0 radical (unpaired) electrons. The first-order valence-electron chi connectivity index (χ1n) is 16.6. The first-order chi connectivity index (χ1) is 21.3. The highest BCUT2D eigenvalue weighted by Gasteiger charge is 2.34. The summed E-state index contributed by atoms with van der Waals surface area (Å²) in [5.41, 5.74) is 0.940. The molecule has 0 aliphatic carbocycles. The van der Waals surface area contributed by atoms with Gasteiger partial charge in [0.25, 0.3) is 11.5 Å². The number of hydrogen-bond donors (Lipinski definition) is 0. The number of carbonyl (C=O) groups is 2. The molecule has 242 valence electrons. The van der Waals surface area contributed by atoms with Crippen LogP contribution in [0.1, 0.15) is 121 Å². The second kappa shape index (κ2) is 18.4. The van der Waals surface area contributed by atoms with E-state index in [4.69, 9.17) is 17.0 Å². The van der Waals surface area contributed by atoms with E-state index >= 15 is 0 Å². The third-order valence-corrected chi connectivity index (χ3v) is 9.90. The van der Waals surface area contributed by atoms with E-state index in [2.05, 4.69) is 17.9 Å². The van der Waals surface area contributed by atoms with Crippen molar-refractivity contribution < 1.29 is 14.3 Å². The van der Waals surface area contributed by atoms with Gasteiger partial charge in [-0.05, 0) is 51.2 Å². The van der Waals surface area contributed by atoms with Crippen LogP contribution in [-0.2, 0) is 20.9 Å². The van der Waals surface area contributed by atoms with E-state index in [0.29, 0.717) is 65.4 Å². The number of anilines is 1. The Bertz CT molecular complexity index is 1300. The maximum Gasteiger partial charge on any atom is 0.310 e. The van der Waals surface area contributed by atoms with Crippen LogP contribution in [0.15, 0.2) is 9.70 Å². The number of nitriles is 1. The van der Waals surface area contributed by atoms with Crippen LogP contribution < -0.4 is 10.5 Å². The van der Waals surface area contributed by atoms with Crippen LogP contribution in [0.25, 0.3) is 6.08 Å². The van der Waals surface area contributed by atoms with E-state index in [1.165, 1.54) is 63.1 Å². The summed E-state index contributed by atoms with van der Waals surface area (Å²) in [5.74, 6) is -0.0170. The number of unbranched alkanes of at least 4 members (excludes halogenated alkanes) is 9. The summed E-state index contributed by atoms with van der Waals surface area (Å²) >= 11 is 6.91. The van der Waals surface area contributed by atoms with E-state index < -0.39 is 0 Å². The number of ether oxygens (including phenoxy) is 1. The zero-order valence-corrected chi connectivity index (χ0v) is 28.8. The lowest BCUT2D eigenvalue weighted by molar-refractivity contribution is -0.148. The number of hydrogen-bond acceptors (Lipinski definition) is 8. The van der Waals surface area contributed by atoms with Gasteiger partial charge in [0.05, 0.1) is 17.4 Å². The molecule has 0 N–H and O–H groups in total. The molecule has 8 nitrogen and oxygen atoms in total. The number of esters is 1. The Labute approximate surface area is 273 Å². The highest BCUT2D eigenvalue weighted by atomic mass is 32.2. The number of thiocarbonyl (C=S) groups is 1. The van der Waals surface area contributed by atoms with Crippen LogP contribution in [0.2, 0.25) is 0 Å². The molecular weight excluding hydrogens is 593 g/mol. The summed E-state index contributed by atoms with van der Waals surface area (Å²) < 4.78 is 7.51. The normalized spacial score (nSPS) is 17.9. The minimum Gasteiger partial charge on any atom is -0.466 e. The number of aromatic nitrogens is 1. The Kier molecular flexibility index (Phi) is 15.0. The number of thioether (sulfide) groups is 1. The number of pyridine rings is 1. The van der Waals surface area contributed by atoms with Gasteiger partial charge in [-0.2, -0.15) is 5.26 Å². The maximum absolute atomic E-state index is 13.6. The Hall–Kier alpha value is -2.64. The van der Waals surface area contributed by atoms with Crippen molar-refractivity contribution in [3.8, 4) is 6.07 Å². The van der Waals surface area contributed by atoms with Gasteiger partial charge in [0, 0.05) is 31.7 Å². The molecule has 1 unspecified atom stereocenters. The molecule has 0 bridgehead atoms. The molecular formula is C34H50N4O4S2. The summed E-state index contributed by atoms with van der Waals surface area (Å²) in [5, 5.41) is 9.95. The fourth-order valence-corrected chi connectivity index (χ4v) is 7.41. The van der Waals surface area contributed by atoms with E-state index in [9.17, 15) is 19.6 Å². The smallest absolute Gasteiger partial charge is 0.310 e. The molecule has 3 heterocycles. The second-order valence-corrected chi connectivity index (χ2v) is 13.5. The molecule has 1 aromatic rings. The molecule has 3 rings (SSSR count). The van der Waals surface area contributed by atoms with Crippen LogP contribution in [0.3, 0.4) is 0 Å². The molecule has 1 atom stereocenters. The van der Waals surface area contributed by atoms with Crippen LogP contribution in [0.5, 0.6) is 0 Å². The molecule has 0 spiro atoms. The van der Waals surface area contributed by atoms with Crippen molar-refractivity contribution >= 4 is 52.1 Å². The average Bonchev–Trinajstić information content (AvgIpc) is 3.28. The molecule has 2 fully saturated rings. The highest BCUT2D eigenvalue weighted by molar-refractivity contribution is 8.26. The summed E-state index contributed by atoms with van der Waals surface area (Å²) in [7, 11) is 0. The van der Waals surface area contributed by atoms with Crippen molar-refractivity contribution in [3.63, 3.8) is 0 Å². The minimum atomic E-state index is -0.342. The Balaban J connectivity index is 1.82. The molecule has 2 saturated heterocycles. The van der Waals surface area contributed by atoms with E-state index in [1.54, 1.807) is 23.3 Å². The number of amides is 1. The van der Waals surface area contributed by atoms with Crippen LogP contribution in [0.4, 0.5) is 5.82 Å². The third kappa shape index (κ3) is 9.20. The van der Waals surface area contributed by atoms with Crippen molar-refractivity contribution in [3.05, 3.63) is 31.9 Å². The fourth-order valence-electron chi connectivity index (χ4n) is 6.12. The first-order valence-corrected chi connectivity index (χ1v) is 17.9. The van der Waals surface area contributed by atoms with Crippen LogP contribution in [-0.4, -0.2) is 51.9 Å². The molecule has 2 aliphatic heterocycles. The Morgan fingerprint density at radius 3 is 2.30 bits per heavy atom. The summed E-state index contributed by atoms with van der Waals surface area (Å²) in [6.07, 6.45) is 16.2. The molecule has 44 heavy (non-hydrogen) atoms. The second-order valence-electron chi connectivity index (χ2n) is 11.9. The van der Waals surface area contributed by atoms with Crippen molar-refractivity contribution in [2.75, 3.05) is 31.1 Å². The summed E-state index contributed by atoms with van der Waals surface area (Å²) in [6, 6.07) is 2.11. The fraction of sp³-hybridized carbons (Fsp3) is 0.676. The van der Waals surface area contributed by atoms with Crippen molar-refractivity contribution in [1.82, 2.24) is 9.47 Å². The number of carbonyl (C=O) groups excluding carboxylic acids is 2. The minimum absolute atomic E-state index is 0.0771. The van der Waals surface area contributed by atoms with Gasteiger partial charge in [-0.1, -0.05) is 95.6 Å². The zero-order valence-electron chi connectivity index (χ0n) is 27.1. The van der Waals surface area contributed by atoms with Gasteiger partial charge in [-0.25, -0.2) is 0 Å². The largest absolute Gasteiger partial charge is 0.466 e. The standard InChI is InChI=1S/C34H50N4O4S2/c1-5-8-9-10-11-12-13-14-15-16-21-38-32(40)29(44-34(38)43)22-27-25(4)28(23-35)31(39)37(19-6-2)30(27)36-20-17-18-26(24-36)33(41)42-7-3/h22,26H,5-21,24H2,1-4H3/b29-22-. The van der Waals surface area contributed by atoms with Crippen LogP contribution in [0, 0.1) is 24.2 Å². The predicted octanol–water partition coefficient (Wildman–Crippen LogP) is 7.34. The predicted molar refractivity (Wildman–Crippen MR) is 184 cm³/mol. The highest BCUT2D eigenvalue weighted by Crippen LogP contribution is 2.37. The zero-order chi connectivity index (χ0) is 32.1. The molecule has 1 amide bonds. The van der Waals surface area contributed by atoms with Gasteiger partial charge in [-0.15, -0.1) is 0 Å². The summed E-state index contributed by atoms with van der Waals surface area (Å²) in [6.45, 7) is 10.2. The SMILES string of the molecule is CCCCCCCCCCCCN1C(=O)/C(=C/c2c(C)c(C#N)c(=O)n(CCC)c2N2CCCC(C(=O)OCC)C2)SC1=S. The van der Waals surface area contributed by atoms with E-state index in [1.807, 2.05) is 13.0 Å². The van der Waals surface area contributed by atoms with Gasteiger partial charge in [-0.3, -0.25) is 23.9 Å². The monoisotopic (exact) mass is 642 g/mol. The van der Waals surface area contributed by atoms with Gasteiger partial charge in [0.1, 0.15) is 21.8 Å². The molecule has 2 aliphatic rings. The average molecular weight is 643 g/mol. The molecule has 0 saturated carbocycles. The third-order valence-electron chi connectivity index (χ3n) is 8.52. The number of piperidine rings is 1. The summed E-state index contributed by atoms with van der Waals surface area (Å²) in [4.78, 5) is 44.0. The van der Waals surface area contributed by atoms with Crippen molar-refractivity contribution in [2.45, 2.75) is 118 Å². The van der Waals surface area contributed by atoms with Crippen molar-refractivity contribution in [2.24, 2.45) is 5.92 Å². The molecule has 0 aromatic carbocycles. The maximum atomic E-state index is 13.6. The van der Waals surface area contributed by atoms with Gasteiger partial charge in [0.15, 0.2) is 0 Å². The van der Waals surface area contributed by atoms with E-state index in [-0.39, 0.29) is 28.9 Å². The molecule has 1 aromatic heterocycles. The van der Waals surface area contributed by atoms with E-state index in [0.717, 1.165) is 25.7 Å². The lowest BCUT2D eigenvalue weighted by atomic mass is 9.96. The van der Waals surface area contributed by atoms with Gasteiger partial charge < -0.3 is 9.64 Å². The number of rotatable bonds is 17. The van der Waals surface area contributed by atoms with Crippen LogP contribution >= 0.6 is 24.0 Å². The number of nitrogens with zero attached hydrogens (tertiary/aromatic N) is 4. The molecule has 10 heteroatoms. The first kappa shape index (κ1) is 35.8. The Morgan fingerprint density at radius 1 is 1.02 bits per heavy atom. The quantitative estimate of drug-likeness (QED) is 0.0754.